The van der Waals surface area contributed by atoms with Crippen molar-refractivity contribution in [3.05, 3.63) is 29.0 Å². The Kier molecular flexibility index (Phi) is 2.05. The molecule has 0 spiro atoms. The lowest BCUT2D eigenvalue weighted by Crippen LogP contribution is -2.01. The molecule has 0 unspecified atom stereocenters. The number of carboxylic acid groups (broad SMARTS) is 1. The molecule has 2 aromatic heterocycles. The van der Waals surface area contributed by atoms with Gasteiger partial charge in [0.15, 0.2) is 5.69 Å². The molecule has 5 nitrogen and oxygen atoms in total. The summed E-state index contributed by atoms with van der Waals surface area (Å²) < 4.78 is 1.48. The first kappa shape index (κ1) is 8.89. The third-order valence-electron chi connectivity index (χ3n) is 1.72. The number of aromatic nitrogens is 3. The van der Waals surface area contributed by atoms with Crippen molar-refractivity contribution in [1.29, 1.82) is 0 Å². The number of hydrogen-bond donors (Lipinski definition) is 1. The second kappa shape index (κ2) is 3.22. The first-order valence-electron chi connectivity index (χ1n) is 3.88. The summed E-state index contributed by atoms with van der Waals surface area (Å²) in [7, 11) is 0. The highest BCUT2D eigenvalue weighted by Crippen LogP contribution is 2.13. The van der Waals surface area contributed by atoms with Crippen molar-refractivity contribution in [2.24, 2.45) is 0 Å². The first-order chi connectivity index (χ1) is 6.68. The smallest absolute Gasteiger partial charge is 0.356 e. The first-order valence-corrected chi connectivity index (χ1v) is 4.76. The van der Waals surface area contributed by atoms with Crippen LogP contribution in [0.5, 0.6) is 0 Å². The fraction of sp³-hybridized carbons (Fsp3) is 0.125. The SMILES string of the molecule is Cc1cn(-c2nccs2)nc1C(=O)O. The van der Waals surface area contributed by atoms with Crippen LogP contribution in [0.15, 0.2) is 17.8 Å². The Hall–Kier alpha value is -1.69. The average Bonchev–Trinajstić information content (AvgIpc) is 2.70. The molecule has 1 N–H and O–H groups in total. The van der Waals surface area contributed by atoms with Crippen molar-refractivity contribution in [1.82, 2.24) is 14.8 Å². The van der Waals surface area contributed by atoms with E-state index in [1.807, 2.05) is 5.38 Å². The number of nitrogens with zero attached hydrogens (tertiary/aromatic N) is 3. The van der Waals surface area contributed by atoms with Gasteiger partial charge in [0.05, 0.1) is 0 Å². The van der Waals surface area contributed by atoms with E-state index in [1.54, 1.807) is 19.3 Å². The van der Waals surface area contributed by atoms with Gasteiger partial charge in [0, 0.05) is 23.3 Å². The number of aryl methyl sites for hydroxylation is 1. The molecule has 6 heteroatoms. The van der Waals surface area contributed by atoms with Crippen molar-refractivity contribution in [3.8, 4) is 5.13 Å². The van der Waals surface area contributed by atoms with Gasteiger partial charge < -0.3 is 5.11 Å². The maximum Gasteiger partial charge on any atom is 0.356 e. The van der Waals surface area contributed by atoms with Crippen LogP contribution < -0.4 is 0 Å². The number of thiazole rings is 1. The Balaban J connectivity index is 2.48. The lowest BCUT2D eigenvalue weighted by molar-refractivity contribution is 0.0689. The zero-order valence-electron chi connectivity index (χ0n) is 7.34. The number of carbonyl (C=O) groups is 1. The van der Waals surface area contributed by atoms with Crippen molar-refractivity contribution in [2.75, 3.05) is 0 Å². The van der Waals surface area contributed by atoms with E-state index >= 15 is 0 Å². The third-order valence-corrected chi connectivity index (χ3v) is 2.48. The average molecular weight is 209 g/mol. The molecule has 14 heavy (non-hydrogen) atoms. The standard InChI is InChI=1S/C8H7N3O2S/c1-5-4-11(8-9-2-3-14-8)10-6(5)7(12)13/h2-4H,1H3,(H,12,13). The number of aromatic carboxylic acids is 1. The van der Waals surface area contributed by atoms with Crippen molar-refractivity contribution in [2.45, 2.75) is 6.92 Å². The second-order valence-corrected chi connectivity index (χ2v) is 3.60. The van der Waals surface area contributed by atoms with Crippen molar-refractivity contribution >= 4 is 17.3 Å². The van der Waals surface area contributed by atoms with Gasteiger partial charge in [-0.25, -0.2) is 14.5 Å². The van der Waals surface area contributed by atoms with Crippen molar-refractivity contribution < 1.29 is 9.90 Å². The molecule has 0 aromatic carbocycles. The van der Waals surface area contributed by atoms with Gasteiger partial charge in [0.1, 0.15) is 0 Å². The summed E-state index contributed by atoms with van der Waals surface area (Å²) in [5.41, 5.74) is 0.702. The van der Waals surface area contributed by atoms with Crippen LogP contribution in [0.4, 0.5) is 0 Å². The topological polar surface area (TPSA) is 68.0 Å². The predicted molar refractivity (Wildman–Crippen MR) is 50.9 cm³/mol. The molecule has 72 valence electrons. The van der Waals surface area contributed by atoms with Gasteiger partial charge in [-0.3, -0.25) is 0 Å². The largest absolute Gasteiger partial charge is 0.476 e. The summed E-state index contributed by atoms with van der Waals surface area (Å²) in [6, 6.07) is 0. The third kappa shape index (κ3) is 1.39. The van der Waals surface area contributed by atoms with Gasteiger partial charge in [-0.2, -0.15) is 5.10 Å². The van der Waals surface area contributed by atoms with Gasteiger partial charge in [-0.1, -0.05) is 0 Å². The van der Waals surface area contributed by atoms with E-state index in [-0.39, 0.29) is 5.69 Å². The molecule has 0 atom stereocenters. The van der Waals surface area contributed by atoms with E-state index < -0.39 is 5.97 Å². The molecule has 0 saturated carbocycles. The fourth-order valence-electron chi connectivity index (χ4n) is 1.10. The van der Waals surface area contributed by atoms with Gasteiger partial charge in [-0.05, 0) is 6.92 Å². The molecule has 0 saturated heterocycles. The Morgan fingerprint density at radius 1 is 1.64 bits per heavy atom. The quantitative estimate of drug-likeness (QED) is 0.810. The van der Waals surface area contributed by atoms with E-state index in [0.717, 1.165) is 0 Å². The highest BCUT2D eigenvalue weighted by Gasteiger charge is 2.13. The molecule has 0 aliphatic carbocycles. The summed E-state index contributed by atoms with van der Waals surface area (Å²) in [6.07, 6.45) is 3.31. The normalized spacial score (nSPS) is 10.4. The lowest BCUT2D eigenvalue weighted by Gasteiger charge is -1.91. The minimum absolute atomic E-state index is 0.0696. The van der Waals surface area contributed by atoms with E-state index in [1.165, 1.54) is 16.0 Å². The molecular formula is C8H7N3O2S. The molecule has 0 fully saturated rings. The molecule has 0 aliphatic rings. The number of hydrogen-bond acceptors (Lipinski definition) is 4. The predicted octanol–water partition coefficient (Wildman–Crippen LogP) is 1.34. The molecule has 0 radical (unpaired) electrons. The second-order valence-electron chi connectivity index (χ2n) is 2.73. The van der Waals surface area contributed by atoms with E-state index in [9.17, 15) is 4.79 Å². The summed E-state index contributed by atoms with van der Waals surface area (Å²) in [6.45, 7) is 1.71. The van der Waals surface area contributed by atoms with Gasteiger partial charge in [-0.15, -0.1) is 11.3 Å². The van der Waals surface area contributed by atoms with Crippen molar-refractivity contribution in [3.63, 3.8) is 0 Å². The minimum atomic E-state index is -1.02. The Labute approximate surface area is 83.6 Å². The van der Waals surface area contributed by atoms with Crippen LogP contribution in [0.1, 0.15) is 16.1 Å². The number of rotatable bonds is 2. The van der Waals surface area contributed by atoms with E-state index in [4.69, 9.17) is 5.11 Å². The molecule has 2 aromatic rings. The zero-order chi connectivity index (χ0) is 10.1. The van der Waals surface area contributed by atoms with E-state index in [0.29, 0.717) is 10.7 Å². The van der Waals surface area contributed by atoms with Crippen LogP contribution in [-0.2, 0) is 0 Å². The molecule has 0 amide bonds. The Morgan fingerprint density at radius 2 is 2.43 bits per heavy atom. The summed E-state index contributed by atoms with van der Waals surface area (Å²) in [4.78, 5) is 14.7. The molecule has 0 bridgehead atoms. The van der Waals surface area contributed by atoms with Gasteiger partial charge in [0.2, 0.25) is 5.13 Å². The molecule has 0 aliphatic heterocycles. The zero-order valence-corrected chi connectivity index (χ0v) is 8.15. The summed E-state index contributed by atoms with van der Waals surface area (Å²) in [5, 5.41) is 15.2. The van der Waals surface area contributed by atoms with Crippen LogP contribution in [-0.4, -0.2) is 25.8 Å². The Bertz CT molecular complexity index is 461. The molecular weight excluding hydrogens is 202 g/mol. The number of carboxylic acids is 1. The minimum Gasteiger partial charge on any atom is -0.476 e. The maximum atomic E-state index is 10.7. The highest BCUT2D eigenvalue weighted by atomic mass is 32.1. The van der Waals surface area contributed by atoms with Crippen LogP contribution in [0.3, 0.4) is 0 Å². The molecule has 2 heterocycles. The summed E-state index contributed by atoms with van der Waals surface area (Å²) >= 11 is 1.41. The highest BCUT2D eigenvalue weighted by molar-refractivity contribution is 7.12. The van der Waals surface area contributed by atoms with Crippen LogP contribution in [0.25, 0.3) is 5.13 Å². The fourth-order valence-corrected chi connectivity index (χ4v) is 1.67. The van der Waals surface area contributed by atoms with Gasteiger partial charge >= 0.3 is 5.97 Å². The van der Waals surface area contributed by atoms with Crippen LogP contribution >= 0.6 is 11.3 Å². The maximum absolute atomic E-state index is 10.7. The lowest BCUT2D eigenvalue weighted by atomic mass is 10.3. The molecule has 2 rings (SSSR count). The summed E-state index contributed by atoms with van der Waals surface area (Å²) in [5.74, 6) is -1.02. The van der Waals surface area contributed by atoms with Crippen LogP contribution in [0, 0.1) is 6.92 Å². The monoisotopic (exact) mass is 209 g/mol. The Morgan fingerprint density at radius 3 is 2.93 bits per heavy atom. The van der Waals surface area contributed by atoms with E-state index in [2.05, 4.69) is 10.1 Å². The van der Waals surface area contributed by atoms with Gasteiger partial charge in [0.25, 0.3) is 0 Å². The van der Waals surface area contributed by atoms with Crippen LogP contribution in [0.2, 0.25) is 0 Å².